The lowest BCUT2D eigenvalue weighted by Gasteiger charge is -2.21. The van der Waals surface area contributed by atoms with Crippen LogP contribution >= 0.6 is 0 Å². The van der Waals surface area contributed by atoms with Gasteiger partial charge in [-0.1, -0.05) is 0 Å². The van der Waals surface area contributed by atoms with Crippen LogP contribution in [0.15, 0.2) is 30.3 Å². The molecule has 0 aliphatic heterocycles. The molecule has 0 radical (unpaired) electrons. The summed E-state index contributed by atoms with van der Waals surface area (Å²) in [5.41, 5.74) is 2.33. The number of amides is 1. The summed E-state index contributed by atoms with van der Waals surface area (Å²) in [5.74, 6) is -0.382. The second-order valence-electron chi connectivity index (χ2n) is 7.58. The number of hydrogen-bond acceptors (Lipinski definition) is 5. The molecule has 1 amide bonds. The van der Waals surface area contributed by atoms with Crippen molar-refractivity contribution in [1.29, 1.82) is 0 Å². The van der Waals surface area contributed by atoms with Crippen LogP contribution in [0.2, 0.25) is 0 Å². The van der Waals surface area contributed by atoms with Gasteiger partial charge in [-0.05, 0) is 65.0 Å². The Balaban J connectivity index is 2.11. The van der Waals surface area contributed by atoms with Crippen LogP contribution in [-0.2, 0) is 9.53 Å². The van der Waals surface area contributed by atoms with Crippen molar-refractivity contribution in [3.8, 4) is 11.4 Å². The Bertz CT molecular complexity index is 847. The SMILES string of the molecule is COc1ccc(-n2c(C)cc(C(=O)NC[C@H](O)C(=O)OC(C)(C)C)c2C)cc1. The summed E-state index contributed by atoms with van der Waals surface area (Å²) >= 11 is 0. The largest absolute Gasteiger partial charge is 0.497 e. The number of aliphatic hydroxyl groups is 1. The van der Waals surface area contributed by atoms with E-state index < -0.39 is 17.7 Å². The van der Waals surface area contributed by atoms with Crippen LogP contribution < -0.4 is 10.1 Å². The van der Waals surface area contributed by atoms with E-state index in [2.05, 4.69) is 5.32 Å². The first-order valence-electron chi connectivity index (χ1n) is 9.06. The van der Waals surface area contributed by atoms with Gasteiger partial charge in [-0.2, -0.15) is 0 Å². The highest BCUT2D eigenvalue weighted by molar-refractivity contribution is 5.96. The molecule has 0 aliphatic carbocycles. The van der Waals surface area contributed by atoms with E-state index in [1.807, 2.05) is 42.7 Å². The molecule has 2 rings (SSSR count). The van der Waals surface area contributed by atoms with Crippen molar-refractivity contribution in [2.24, 2.45) is 0 Å². The summed E-state index contributed by atoms with van der Waals surface area (Å²) in [7, 11) is 1.61. The third-order valence-corrected chi connectivity index (χ3v) is 4.14. The van der Waals surface area contributed by atoms with Gasteiger partial charge in [0.1, 0.15) is 11.4 Å². The van der Waals surface area contributed by atoms with Gasteiger partial charge in [-0.3, -0.25) is 4.79 Å². The number of rotatable bonds is 6. The zero-order chi connectivity index (χ0) is 21.1. The van der Waals surface area contributed by atoms with E-state index in [9.17, 15) is 14.7 Å². The van der Waals surface area contributed by atoms with Gasteiger partial charge in [0.2, 0.25) is 0 Å². The van der Waals surface area contributed by atoms with E-state index in [0.717, 1.165) is 22.8 Å². The van der Waals surface area contributed by atoms with E-state index in [4.69, 9.17) is 9.47 Å². The van der Waals surface area contributed by atoms with Gasteiger partial charge in [0.25, 0.3) is 5.91 Å². The van der Waals surface area contributed by atoms with Crippen LogP contribution in [-0.4, -0.2) is 46.9 Å². The molecule has 0 unspecified atom stereocenters. The fourth-order valence-electron chi connectivity index (χ4n) is 2.86. The molecule has 7 heteroatoms. The predicted molar refractivity (Wildman–Crippen MR) is 106 cm³/mol. The third-order valence-electron chi connectivity index (χ3n) is 4.14. The number of ether oxygens (including phenoxy) is 2. The predicted octanol–water partition coefficient (Wildman–Crippen LogP) is 2.54. The fourth-order valence-corrected chi connectivity index (χ4v) is 2.86. The summed E-state index contributed by atoms with van der Waals surface area (Å²) in [6, 6.07) is 9.30. The second-order valence-corrected chi connectivity index (χ2v) is 7.58. The van der Waals surface area contributed by atoms with Crippen molar-refractivity contribution in [2.75, 3.05) is 13.7 Å². The van der Waals surface area contributed by atoms with Crippen molar-refractivity contribution >= 4 is 11.9 Å². The number of methoxy groups -OCH3 is 1. The molecular weight excluding hydrogens is 360 g/mol. The van der Waals surface area contributed by atoms with Gasteiger partial charge in [0.05, 0.1) is 19.2 Å². The number of benzene rings is 1. The quantitative estimate of drug-likeness (QED) is 0.743. The summed E-state index contributed by atoms with van der Waals surface area (Å²) in [6.45, 7) is 8.67. The lowest BCUT2D eigenvalue weighted by atomic mass is 10.2. The average molecular weight is 388 g/mol. The fraction of sp³-hybridized carbons (Fsp3) is 0.429. The standard InChI is InChI=1S/C21H28N2O5/c1-13-11-17(14(2)23(13)15-7-9-16(27-6)10-8-15)19(25)22-12-18(24)20(26)28-21(3,4)5/h7-11,18,24H,12H2,1-6H3,(H,22,25)/t18-/m0/s1. The zero-order valence-electron chi connectivity index (χ0n) is 17.2. The number of carbonyl (C=O) groups excluding carboxylic acids is 2. The normalized spacial score (nSPS) is 12.4. The highest BCUT2D eigenvalue weighted by Gasteiger charge is 2.24. The number of esters is 1. The van der Waals surface area contributed by atoms with Gasteiger partial charge < -0.3 is 24.5 Å². The molecule has 0 spiro atoms. The number of aryl methyl sites for hydroxylation is 1. The highest BCUT2D eigenvalue weighted by atomic mass is 16.6. The Hall–Kier alpha value is -2.80. The van der Waals surface area contributed by atoms with Gasteiger partial charge in [0.15, 0.2) is 6.10 Å². The summed E-state index contributed by atoms with van der Waals surface area (Å²) in [6.07, 6.45) is -1.42. The minimum atomic E-state index is -1.42. The van der Waals surface area contributed by atoms with E-state index in [-0.39, 0.29) is 12.5 Å². The maximum atomic E-state index is 12.6. The number of aliphatic hydroxyl groups excluding tert-OH is 1. The summed E-state index contributed by atoms with van der Waals surface area (Å²) < 4.78 is 12.2. The molecular formula is C21H28N2O5. The molecule has 1 heterocycles. The number of aromatic nitrogens is 1. The molecule has 0 aliphatic rings. The van der Waals surface area contributed by atoms with E-state index >= 15 is 0 Å². The molecule has 1 aromatic heterocycles. The average Bonchev–Trinajstić information content (AvgIpc) is 2.92. The molecule has 2 N–H and O–H groups in total. The maximum absolute atomic E-state index is 12.6. The molecule has 0 bridgehead atoms. The molecule has 7 nitrogen and oxygen atoms in total. The van der Waals surface area contributed by atoms with Crippen LogP contribution in [0.3, 0.4) is 0 Å². The first kappa shape index (κ1) is 21.5. The molecule has 0 saturated carbocycles. The van der Waals surface area contributed by atoms with E-state index in [0.29, 0.717) is 5.56 Å². The molecule has 28 heavy (non-hydrogen) atoms. The van der Waals surface area contributed by atoms with Crippen molar-refractivity contribution in [3.63, 3.8) is 0 Å². The first-order valence-corrected chi connectivity index (χ1v) is 9.06. The number of hydrogen-bond donors (Lipinski definition) is 2. The summed E-state index contributed by atoms with van der Waals surface area (Å²) in [5, 5.41) is 12.5. The monoisotopic (exact) mass is 388 g/mol. The number of nitrogens with zero attached hydrogens (tertiary/aromatic N) is 1. The molecule has 152 valence electrons. The van der Waals surface area contributed by atoms with Gasteiger partial charge in [-0.25, -0.2) is 4.79 Å². The van der Waals surface area contributed by atoms with Gasteiger partial charge >= 0.3 is 5.97 Å². The minimum Gasteiger partial charge on any atom is -0.497 e. The number of carbonyl (C=O) groups is 2. The van der Waals surface area contributed by atoms with Crippen LogP contribution in [0.4, 0.5) is 0 Å². The first-order chi connectivity index (χ1) is 13.0. The Labute approximate surface area is 165 Å². The molecule has 2 aromatic rings. The maximum Gasteiger partial charge on any atom is 0.337 e. The highest BCUT2D eigenvalue weighted by Crippen LogP contribution is 2.22. The lowest BCUT2D eigenvalue weighted by molar-refractivity contribution is -0.164. The number of nitrogens with one attached hydrogen (secondary N) is 1. The van der Waals surface area contributed by atoms with Crippen LogP contribution in [0.5, 0.6) is 5.75 Å². The Morgan fingerprint density at radius 1 is 1.18 bits per heavy atom. The van der Waals surface area contributed by atoms with Crippen LogP contribution in [0.25, 0.3) is 5.69 Å². The smallest absolute Gasteiger partial charge is 0.337 e. The van der Waals surface area contributed by atoms with Crippen molar-refractivity contribution in [1.82, 2.24) is 9.88 Å². The van der Waals surface area contributed by atoms with Gasteiger partial charge in [0, 0.05) is 17.1 Å². The molecule has 1 aromatic carbocycles. The Morgan fingerprint density at radius 3 is 2.32 bits per heavy atom. The third kappa shape index (κ3) is 5.13. The van der Waals surface area contributed by atoms with E-state index in [1.54, 1.807) is 33.9 Å². The second kappa shape index (κ2) is 8.48. The molecule has 1 atom stereocenters. The van der Waals surface area contributed by atoms with Crippen LogP contribution in [0.1, 0.15) is 42.5 Å². The summed E-state index contributed by atoms with van der Waals surface area (Å²) in [4.78, 5) is 24.4. The Kier molecular flexibility index (Phi) is 6.51. The molecule has 0 saturated heterocycles. The van der Waals surface area contributed by atoms with Gasteiger partial charge in [-0.15, -0.1) is 0 Å². The molecule has 0 fully saturated rings. The minimum absolute atomic E-state index is 0.222. The van der Waals surface area contributed by atoms with Crippen molar-refractivity contribution < 1.29 is 24.2 Å². The van der Waals surface area contributed by atoms with E-state index in [1.165, 1.54) is 0 Å². The van der Waals surface area contributed by atoms with Crippen LogP contribution in [0, 0.1) is 13.8 Å². The van der Waals surface area contributed by atoms with Crippen molar-refractivity contribution in [3.05, 3.63) is 47.3 Å². The topological polar surface area (TPSA) is 89.8 Å². The zero-order valence-corrected chi connectivity index (χ0v) is 17.2. The lowest BCUT2D eigenvalue weighted by Crippen LogP contribution is -2.40. The van der Waals surface area contributed by atoms with Crippen molar-refractivity contribution in [2.45, 2.75) is 46.3 Å². The Morgan fingerprint density at radius 2 is 1.79 bits per heavy atom.